The molecule has 3 N–H and O–H groups in total. The normalized spacial score (nSPS) is 16.2. The number of benzene rings is 1. The number of aryl methyl sites for hydroxylation is 1. The predicted octanol–water partition coefficient (Wildman–Crippen LogP) is 2.21. The van der Waals surface area contributed by atoms with E-state index in [1.54, 1.807) is 26.4 Å². The third-order valence-corrected chi connectivity index (χ3v) is 4.12. The molecular formula is C17H18N4O3. The summed E-state index contributed by atoms with van der Waals surface area (Å²) in [5.74, 6) is 1.30. The maximum absolute atomic E-state index is 9.64. The zero-order chi connectivity index (χ0) is 17.3. The SMILES string of the molecule is CCc1[nH]nc2c1C(c1cc(OC)ccc1OC)C(C#N)=C(N)O2. The fraction of sp³-hybridized carbons (Fsp3) is 0.294. The maximum atomic E-state index is 9.64. The standard InChI is InChI=1S/C17H18N4O3/c1-4-12-15-14(10-7-9(22-2)5-6-13(10)23-3)11(8-18)16(19)24-17(15)21-20-12/h5-7,14H,4,19H2,1-3H3,(H,20,21). The number of allylic oxidation sites excluding steroid dienone is 1. The number of nitriles is 1. The number of ether oxygens (including phenoxy) is 3. The first-order valence-electron chi connectivity index (χ1n) is 7.51. The van der Waals surface area contributed by atoms with Crippen LogP contribution in [0.3, 0.4) is 0 Å². The Labute approximate surface area is 139 Å². The van der Waals surface area contributed by atoms with Crippen LogP contribution in [0.25, 0.3) is 0 Å². The molecule has 124 valence electrons. The van der Waals surface area contributed by atoms with Gasteiger partial charge < -0.3 is 19.9 Å². The van der Waals surface area contributed by atoms with Crippen LogP contribution in [0.15, 0.2) is 29.7 Å². The Morgan fingerprint density at radius 3 is 2.79 bits per heavy atom. The molecule has 2 aromatic rings. The van der Waals surface area contributed by atoms with E-state index in [1.807, 2.05) is 13.0 Å². The number of H-pyrrole nitrogens is 1. The first-order chi connectivity index (χ1) is 11.6. The quantitative estimate of drug-likeness (QED) is 0.892. The van der Waals surface area contributed by atoms with Gasteiger partial charge in [0.05, 0.1) is 25.7 Å². The number of fused-ring (bicyclic) bond motifs is 1. The number of hydrogen-bond donors (Lipinski definition) is 2. The topological polar surface area (TPSA) is 106 Å². The summed E-state index contributed by atoms with van der Waals surface area (Å²) in [6, 6.07) is 7.62. The highest BCUT2D eigenvalue weighted by Crippen LogP contribution is 2.46. The van der Waals surface area contributed by atoms with E-state index in [2.05, 4.69) is 16.3 Å². The van der Waals surface area contributed by atoms with Crippen LogP contribution >= 0.6 is 0 Å². The van der Waals surface area contributed by atoms with Crippen LogP contribution in [0.5, 0.6) is 17.4 Å². The molecule has 7 nitrogen and oxygen atoms in total. The zero-order valence-corrected chi connectivity index (χ0v) is 13.7. The number of rotatable bonds is 4. The molecule has 0 fully saturated rings. The van der Waals surface area contributed by atoms with E-state index in [4.69, 9.17) is 19.9 Å². The molecule has 7 heteroatoms. The Bertz CT molecular complexity index is 848. The van der Waals surface area contributed by atoms with Gasteiger partial charge >= 0.3 is 0 Å². The second-order valence-corrected chi connectivity index (χ2v) is 5.31. The number of nitrogens with two attached hydrogens (primary N) is 1. The molecule has 0 saturated heterocycles. The van der Waals surface area contributed by atoms with Crippen molar-refractivity contribution in [1.82, 2.24) is 10.2 Å². The van der Waals surface area contributed by atoms with Gasteiger partial charge in [-0.3, -0.25) is 5.10 Å². The van der Waals surface area contributed by atoms with Gasteiger partial charge in [0.1, 0.15) is 23.1 Å². The van der Waals surface area contributed by atoms with Crippen LogP contribution < -0.4 is 19.9 Å². The molecule has 1 aromatic carbocycles. The van der Waals surface area contributed by atoms with E-state index >= 15 is 0 Å². The molecule has 1 aromatic heterocycles. The summed E-state index contributed by atoms with van der Waals surface area (Å²) < 4.78 is 16.3. The zero-order valence-electron chi connectivity index (χ0n) is 13.7. The number of hydrogen-bond acceptors (Lipinski definition) is 6. The smallest absolute Gasteiger partial charge is 0.244 e. The summed E-state index contributed by atoms with van der Waals surface area (Å²) in [6.07, 6.45) is 0.715. The Kier molecular flexibility index (Phi) is 4.04. The van der Waals surface area contributed by atoms with Crippen molar-refractivity contribution in [2.24, 2.45) is 5.73 Å². The molecule has 3 rings (SSSR count). The molecule has 0 bridgehead atoms. The fourth-order valence-corrected chi connectivity index (χ4v) is 2.95. The summed E-state index contributed by atoms with van der Waals surface area (Å²) in [5, 5.41) is 16.8. The summed E-state index contributed by atoms with van der Waals surface area (Å²) in [5.41, 5.74) is 8.74. The Balaban J connectivity index is 2.29. The highest BCUT2D eigenvalue weighted by atomic mass is 16.5. The van der Waals surface area contributed by atoms with Crippen molar-refractivity contribution in [3.05, 3.63) is 46.5 Å². The van der Waals surface area contributed by atoms with Gasteiger partial charge in [-0.05, 0) is 24.6 Å². The third kappa shape index (κ3) is 2.33. The molecular weight excluding hydrogens is 308 g/mol. The van der Waals surface area contributed by atoms with Gasteiger partial charge in [0.25, 0.3) is 0 Å². The third-order valence-electron chi connectivity index (χ3n) is 4.12. The summed E-state index contributed by atoms with van der Waals surface area (Å²) in [7, 11) is 3.17. The van der Waals surface area contributed by atoms with Crippen molar-refractivity contribution in [1.29, 1.82) is 5.26 Å². The van der Waals surface area contributed by atoms with Crippen LogP contribution in [0.2, 0.25) is 0 Å². The summed E-state index contributed by atoms with van der Waals surface area (Å²) in [4.78, 5) is 0. The van der Waals surface area contributed by atoms with Gasteiger partial charge in [-0.2, -0.15) is 5.26 Å². The Morgan fingerprint density at radius 2 is 2.17 bits per heavy atom. The number of aromatic nitrogens is 2. The monoisotopic (exact) mass is 326 g/mol. The van der Waals surface area contributed by atoms with Crippen molar-refractivity contribution in [3.63, 3.8) is 0 Å². The number of aromatic amines is 1. The molecule has 2 heterocycles. The molecule has 0 spiro atoms. The van der Waals surface area contributed by atoms with Crippen molar-refractivity contribution in [2.75, 3.05) is 14.2 Å². The minimum Gasteiger partial charge on any atom is -0.497 e. The minimum atomic E-state index is -0.433. The second-order valence-electron chi connectivity index (χ2n) is 5.31. The average Bonchev–Trinajstić information content (AvgIpc) is 3.02. The molecule has 1 atom stereocenters. The molecule has 24 heavy (non-hydrogen) atoms. The van der Waals surface area contributed by atoms with Crippen LogP contribution in [0, 0.1) is 11.3 Å². The van der Waals surface area contributed by atoms with E-state index in [0.717, 1.165) is 16.8 Å². The summed E-state index contributed by atoms with van der Waals surface area (Å²) in [6.45, 7) is 2.00. The lowest BCUT2D eigenvalue weighted by atomic mass is 9.83. The molecule has 0 aliphatic carbocycles. The Hall–Kier alpha value is -3.14. The van der Waals surface area contributed by atoms with E-state index in [-0.39, 0.29) is 5.88 Å². The van der Waals surface area contributed by atoms with E-state index in [1.165, 1.54) is 0 Å². The average molecular weight is 326 g/mol. The van der Waals surface area contributed by atoms with Crippen LogP contribution in [0.4, 0.5) is 0 Å². The van der Waals surface area contributed by atoms with Crippen LogP contribution in [0.1, 0.15) is 29.7 Å². The highest BCUT2D eigenvalue weighted by molar-refractivity contribution is 5.59. The van der Waals surface area contributed by atoms with Gasteiger partial charge in [-0.1, -0.05) is 6.92 Å². The lowest BCUT2D eigenvalue weighted by molar-refractivity contribution is 0.373. The molecule has 1 aliphatic rings. The first kappa shape index (κ1) is 15.7. The van der Waals surface area contributed by atoms with Gasteiger partial charge in [0.15, 0.2) is 0 Å². The summed E-state index contributed by atoms with van der Waals surface area (Å²) >= 11 is 0. The van der Waals surface area contributed by atoms with E-state index < -0.39 is 5.92 Å². The van der Waals surface area contributed by atoms with Crippen LogP contribution in [-0.4, -0.2) is 24.4 Å². The lowest BCUT2D eigenvalue weighted by Crippen LogP contribution is -2.21. The predicted molar refractivity (Wildman–Crippen MR) is 86.8 cm³/mol. The van der Waals surface area contributed by atoms with Gasteiger partial charge in [-0.15, -0.1) is 5.10 Å². The van der Waals surface area contributed by atoms with Gasteiger partial charge in [0.2, 0.25) is 11.8 Å². The minimum absolute atomic E-state index is 0.0500. The largest absolute Gasteiger partial charge is 0.497 e. The molecule has 1 unspecified atom stereocenters. The lowest BCUT2D eigenvalue weighted by Gasteiger charge is -2.25. The Morgan fingerprint density at radius 1 is 1.38 bits per heavy atom. The number of nitrogens with zero attached hydrogens (tertiary/aromatic N) is 2. The molecule has 0 radical (unpaired) electrons. The van der Waals surface area contributed by atoms with Crippen molar-refractivity contribution >= 4 is 0 Å². The van der Waals surface area contributed by atoms with Crippen LogP contribution in [-0.2, 0) is 6.42 Å². The van der Waals surface area contributed by atoms with Gasteiger partial charge in [-0.25, -0.2) is 0 Å². The van der Waals surface area contributed by atoms with Gasteiger partial charge in [0, 0.05) is 11.3 Å². The van der Waals surface area contributed by atoms with Crippen molar-refractivity contribution < 1.29 is 14.2 Å². The molecule has 0 amide bonds. The number of nitrogens with one attached hydrogen (secondary N) is 1. The fourth-order valence-electron chi connectivity index (χ4n) is 2.95. The highest BCUT2D eigenvalue weighted by Gasteiger charge is 2.36. The first-order valence-corrected chi connectivity index (χ1v) is 7.51. The van der Waals surface area contributed by atoms with Crippen molar-refractivity contribution in [2.45, 2.75) is 19.3 Å². The molecule has 1 aliphatic heterocycles. The van der Waals surface area contributed by atoms with Crippen molar-refractivity contribution in [3.8, 4) is 23.4 Å². The molecule has 0 saturated carbocycles. The maximum Gasteiger partial charge on any atom is 0.244 e. The van der Waals surface area contributed by atoms with E-state index in [9.17, 15) is 5.26 Å². The number of methoxy groups -OCH3 is 2. The van der Waals surface area contributed by atoms with E-state index in [0.29, 0.717) is 29.4 Å². The second kappa shape index (κ2) is 6.16.